The lowest BCUT2D eigenvalue weighted by atomic mass is 10.2. The molecule has 0 aliphatic carbocycles. The van der Waals surface area contributed by atoms with E-state index in [2.05, 4.69) is 10.4 Å². The Balaban J connectivity index is 2.86. The molecule has 3 nitrogen and oxygen atoms in total. The van der Waals surface area contributed by atoms with Gasteiger partial charge < -0.3 is 0 Å². The molecule has 0 saturated heterocycles. The van der Waals surface area contributed by atoms with Gasteiger partial charge in [-0.25, -0.2) is 0 Å². The summed E-state index contributed by atoms with van der Waals surface area (Å²) in [6.07, 6.45) is 0. The molecule has 1 unspecified atom stereocenters. The quantitative estimate of drug-likeness (QED) is 0.488. The lowest BCUT2D eigenvalue weighted by Gasteiger charge is -2.08. The first-order valence-corrected chi connectivity index (χ1v) is 3.63. The van der Waals surface area contributed by atoms with Gasteiger partial charge in [-0.05, 0) is 26.0 Å². The normalized spacial score (nSPS) is 13.0. The van der Waals surface area contributed by atoms with Crippen molar-refractivity contribution in [3.8, 4) is 0 Å². The molecule has 1 atom stereocenters. The van der Waals surface area contributed by atoms with E-state index in [0.29, 0.717) is 0 Å². The number of nitrogens with zero attached hydrogens (tertiary/aromatic N) is 1. The van der Waals surface area contributed by atoms with Gasteiger partial charge in [-0.2, -0.15) is 0 Å². The fraction of sp³-hybridized carbons (Fsp3) is 0.375. The minimum absolute atomic E-state index is 0.120. The van der Waals surface area contributed by atoms with Crippen molar-refractivity contribution in [3.05, 3.63) is 29.6 Å². The number of nitrogens with one attached hydrogen (secondary N) is 1. The number of pyridine rings is 1. The lowest BCUT2D eigenvalue weighted by molar-refractivity contribution is 0.585. The molecule has 0 aliphatic rings. The van der Waals surface area contributed by atoms with Crippen LogP contribution >= 0.6 is 0 Å². The van der Waals surface area contributed by atoms with Crippen molar-refractivity contribution in [1.29, 1.82) is 0 Å². The minimum atomic E-state index is 0.120. The van der Waals surface area contributed by atoms with Crippen LogP contribution < -0.4 is 11.3 Å². The van der Waals surface area contributed by atoms with Gasteiger partial charge in [0.25, 0.3) is 0 Å². The summed E-state index contributed by atoms with van der Waals surface area (Å²) in [5, 5.41) is 0. The Morgan fingerprint density at radius 3 is 2.82 bits per heavy atom. The monoisotopic (exact) mass is 151 g/mol. The van der Waals surface area contributed by atoms with Crippen molar-refractivity contribution in [2.75, 3.05) is 0 Å². The summed E-state index contributed by atoms with van der Waals surface area (Å²) in [4.78, 5) is 4.30. The van der Waals surface area contributed by atoms with Crippen LogP contribution in [0.3, 0.4) is 0 Å². The summed E-state index contributed by atoms with van der Waals surface area (Å²) < 4.78 is 0. The van der Waals surface area contributed by atoms with Crippen LogP contribution in [0, 0.1) is 6.92 Å². The fourth-order valence-corrected chi connectivity index (χ4v) is 0.891. The summed E-state index contributed by atoms with van der Waals surface area (Å²) in [5.41, 5.74) is 4.64. The first-order chi connectivity index (χ1) is 5.24. The van der Waals surface area contributed by atoms with E-state index in [-0.39, 0.29) is 6.04 Å². The van der Waals surface area contributed by atoms with Gasteiger partial charge in [-0.15, -0.1) is 0 Å². The van der Waals surface area contributed by atoms with Crippen molar-refractivity contribution in [1.82, 2.24) is 10.4 Å². The molecule has 1 aromatic rings. The molecule has 0 radical (unpaired) electrons. The van der Waals surface area contributed by atoms with Gasteiger partial charge in [0, 0.05) is 5.69 Å². The van der Waals surface area contributed by atoms with E-state index >= 15 is 0 Å². The number of aromatic nitrogens is 1. The summed E-state index contributed by atoms with van der Waals surface area (Å²) in [5.74, 6) is 5.26. The molecule has 11 heavy (non-hydrogen) atoms. The standard InChI is InChI=1S/C8H13N3/c1-6-4-3-5-8(10-6)7(2)11-9/h3-5,7,11H,9H2,1-2H3. The predicted molar refractivity (Wildman–Crippen MR) is 44.7 cm³/mol. The van der Waals surface area contributed by atoms with Crippen molar-refractivity contribution >= 4 is 0 Å². The second-order valence-corrected chi connectivity index (χ2v) is 2.59. The van der Waals surface area contributed by atoms with Gasteiger partial charge in [-0.3, -0.25) is 16.3 Å². The largest absolute Gasteiger partial charge is 0.271 e. The van der Waals surface area contributed by atoms with Crippen LogP contribution in [0.25, 0.3) is 0 Å². The maximum atomic E-state index is 5.26. The Morgan fingerprint density at radius 1 is 1.55 bits per heavy atom. The van der Waals surface area contributed by atoms with Crippen LogP contribution in [0.2, 0.25) is 0 Å². The number of hydrogen-bond acceptors (Lipinski definition) is 3. The fourth-order valence-electron chi connectivity index (χ4n) is 0.891. The van der Waals surface area contributed by atoms with Crippen LogP contribution in [-0.2, 0) is 0 Å². The summed E-state index contributed by atoms with van der Waals surface area (Å²) in [6, 6.07) is 6.02. The molecule has 3 N–H and O–H groups in total. The van der Waals surface area contributed by atoms with Crippen LogP contribution in [-0.4, -0.2) is 4.98 Å². The van der Waals surface area contributed by atoms with Crippen molar-refractivity contribution in [2.45, 2.75) is 19.9 Å². The highest BCUT2D eigenvalue weighted by Gasteiger charge is 2.02. The number of hydrazine groups is 1. The number of nitrogens with two attached hydrogens (primary N) is 1. The molecule has 60 valence electrons. The maximum Gasteiger partial charge on any atom is 0.0604 e. The van der Waals surface area contributed by atoms with Crippen LogP contribution in [0.4, 0.5) is 0 Å². The van der Waals surface area contributed by atoms with Crippen LogP contribution in [0.15, 0.2) is 18.2 Å². The average Bonchev–Trinajstić information content (AvgIpc) is 2.03. The Kier molecular flexibility index (Phi) is 2.57. The maximum absolute atomic E-state index is 5.26. The molecule has 0 spiro atoms. The van der Waals surface area contributed by atoms with E-state index in [1.165, 1.54) is 0 Å². The molecule has 0 fully saturated rings. The summed E-state index contributed by atoms with van der Waals surface area (Å²) >= 11 is 0. The highest BCUT2D eigenvalue weighted by molar-refractivity contribution is 5.12. The van der Waals surface area contributed by atoms with Crippen molar-refractivity contribution < 1.29 is 0 Å². The SMILES string of the molecule is Cc1cccc(C(C)NN)n1. The smallest absolute Gasteiger partial charge is 0.0604 e. The van der Waals surface area contributed by atoms with Crippen LogP contribution in [0.5, 0.6) is 0 Å². The highest BCUT2D eigenvalue weighted by atomic mass is 15.2. The van der Waals surface area contributed by atoms with E-state index < -0.39 is 0 Å². The zero-order valence-corrected chi connectivity index (χ0v) is 6.83. The van der Waals surface area contributed by atoms with Crippen molar-refractivity contribution in [3.63, 3.8) is 0 Å². The first-order valence-electron chi connectivity index (χ1n) is 3.63. The zero-order valence-electron chi connectivity index (χ0n) is 6.83. The topological polar surface area (TPSA) is 50.9 Å². The van der Waals surface area contributed by atoms with E-state index in [4.69, 9.17) is 5.84 Å². The third-order valence-electron chi connectivity index (χ3n) is 1.60. The molecule has 1 rings (SSSR count). The average molecular weight is 151 g/mol. The van der Waals surface area contributed by atoms with E-state index in [1.54, 1.807) is 0 Å². The van der Waals surface area contributed by atoms with E-state index in [9.17, 15) is 0 Å². The second kappa shape index (κ2) is 3.46. The molecule has 0 aromatic carbocycles. The molecular formula is C8H13N3. The van der Waals surface area contributed by atoms with Gasteiger partial charge in [0.1, 0.15) is 0 Å². The number of hydrogen-bond donors (Lipinski definition) is 2. The second-order valence-electron chi connectivity index (χ2n) is 2.59. The van der Waals surface area contributed by atoms with E-state index in [1.807, 2.05) is 32.0 Å². The molecule has 0 aliphatic heterocycles. The summed E-state index contributed by atoms with van der Waals surface area (Å²) in [7, 11) is 0. The Hall–Kier alpha value is -0.930. The molecule has 3 heteroatoms. The molecule has 0 saturated carbocycles. The van der Waals surface area contributed by atoms with Gasteiger partial charge >= 0.3 is 0 Å². The third-order valence-corrected chi connectivity index (χ3v) is 1.60. The Bertz CT molecular complexity index is 235. The van der Waals surface area contributed by atoms with Gasteiger partial charge in [0.15, 0.2) is 0 Å². The number of aryl methyl sites for hydroxylation is 1. The molecule has 1 aromatic heterocycles. The van der Waals surface area contributed by atoms with Gasteiger partial charge in [0.05, 0.1) is 11.7 Å². The lowest BCUT2D eigenvalue weighted by Crippen LogP contribution is -2.26. The first kappa shape index (κ1) is 8.17. The minimum Gasteiger partial charge on any atom is -0.271 e. The summed E-state index contributed by atoms with van der Waals surface area (Å²) in [6.45, 7) is 3.94. The highest BCUT2D eigenvalue weighted by Crippen LogP contribution is 2.07. The van der Waals surface area contributed by atoms with E-state index in [0.717, 1.165) is 11.4 Å². The molecule has 1 heterocycles. The Labute approximate surface area is 66.6 Å². The van der Waals surface area contributed by atoms with Gasteiger partial charge in [0.2, 0.25) is 0 Å². The van der Waals surface area contributed by atoms with Crippen molar-refractivity contribution in [2.24, 2.45) is 5.84 Å². The molecule has 0 amide bonds. The van der Waals surface area contributed by atoms with Crippen LogP contribution in [0.1, 0.15) is 24.4 Å². The van der Waals surface area contributed by atoms with Gasteiger partial charge in [-0.1, -0.05) is 6.07 Å². The third kappa shape index (κ3) is 2.00. The molecule has 0 bridgehead atoms. The Morgan fingerprint density at radius 2 is 2.27 bits per heavy atom. The predicted octanol–water partition coefficient (Wildman–Crippen LogP) is 0.914. The zero-order chi connectivity index (χ0) is 8.27. The molecular weight excluding hydrogens is 138 g/mol. The number of rotatable bonds is 2.